The van der Waals surface area contributed by atoms with Gasteiger partial charge in [-0.2, -0.15) is 0 Å². The van der Waals surface area contributed by atoms with Crippen LogP contribution in [0.2, 0.25) is 5.02 Å². The second kappa shape index (κ2) is 7.67. The SMILES string of the molecule is C=CCn1c(SCc2nc3ccsc3c(=O)[nH]2)nnc1-c1ccc(Cl)cc1. The molecule has 0 bridgehead atoms. The maximum Gasteiger partial charge on any atom is 0.268 e. The fourth-order valence-corrected chi connectivity index (χ4v) is 4.29. The van der Waals surface area contributed by atoms with Gasteiger partial charge in [0.1, 0.15) is 10.5 Å². The van der Waals surface area contributed by atoms with Crippen LogP contribution in [0.25, 0.3) is 21.6 Å². The quantitative estimate of drug-likeness (QED) is 0.373. The summed E-state index contributed by atoms with van der Waals surface area (Å²) < 4.78 is 2.62. The molecule has 6 nitrogen and oxygen atoms in total. The molecule has 3 heterocycles. The fraction of sp³-hybridized carbons (Fsp3) is 0.111. The summed E-state index contributed by atoms with van der Waals surface area (Å²) in [5.41, 5.74) is 1.53. The van der Waals surface area contributed by atoms with Crippen molar-refractivity contribution in [3.05, 3.63) is 69.6 Å². The molecule has 0 spiro atoms. The average molecular weight is 416 g/mol. The number of hydrogen-bond acceptors (Lipinski definition) is 6. The van der Waals surface area contributed by atoms with E-state index in [0.717, 1.165) is 16.5 Å². The number of nitrogens with one attached hydrogen (secondary N) is 1. The zero-order valence-electron chi connectivity index (χ0n) is 14.1. The monoisotopic (exact) mass is 415 g/mol. The minimum absolute atomic E-state index is 0.111. The summed E-state index contributed by atoms with van der Waals surface area (Å²) in [7, 11) is 0. The molecular formula is C18H14ClN5OS2. The van der Waals surface area contributed by atoms with Crippen LogP contribution in [0.4, 0.5) is 0 Å². The maximum atomic E-state index is 12.1. The van der Waals surface area contributed by atoms with Gasteiger partial charge in [0.15, 0.2) is 11.0 Å². The van der Waals surface area contributed by atoms with E-state index in [1.54, 1.807) is 6.08 Å². The number of halogens is 1. The highest BCUT2D eigenvalue weighted by Gasteiger charge is 2.14. The Bertz CT molecular complexity index is 1160. The van der Waals surface area contributed by atoms with Crippen LogP contribution in [0.3, 0.4) is 0 Å². The molecule has 0 unspecified atom stereocenters. The van der Waals surface area contributed by atoms with Crippen LogP contribution in [-0.2, 0) is 12.3 Å². The van der Waals surface area contributed by atoms with Crippen LogP contribution in [0.15, 0.2) is 58.3 Å². The highest BCUT2D eigenvalue weighted by Crippen LogP contribution is 2.27. The normalized spacial score (nSPS) is 11.1. The summed E-state index contributed by atoms with van der Waals surface area (Å²) in [5.74, 6) is 1.83. The number of allylic oxidation sites excluding steroid dienone is 1. The predicted octanol–water partition coefficient (Wildman–Crippen LogP) is 4.37. The van der Waals surface area contributed by atoms with E-state index in [-0.39, 0.29) is 5.56 Å². The molecule has 0 saturated carbocycles. The third kappa shape index (κ3) is 3.69. The molecule has 3 aromatic heterocycles. The van der Waals surface area contributed by atoms with Crippen molar-refractivity contribution in [3.63, 3.8) is 0 Å². The molecule has 0 saturated heterocycles. The van der Waals surface area contributed by atoms with Gasteiger partial charge < -0.3 is 4.98 Å². The van der Waals surface area contributed by atoms with E-state index in [0.29, 0.717) is 33.4 Å². The molecule has 1 aromatic carbocycles. The number of nitrogens with zero attached hydrogens (tertiary/aromatic N) is 4. The first-order chi connectivity index (χ1) is 13.2. The van der Waals surface area contributed by atoms with Gasteiger partial charge in [0.05, 0.1) is 11.3 Å². The Kier molecular flexibility index (Phi) is 5.11. The van der Waals surface area contributed by atoms with Gasteiger partial charge in [0.25, 0.3) is 5.56 Å². The number of fused-ring (bicyclic) bond motifs is 1. The maximum absolute atomic E-state index is 12.1. The van der Waals surface area contributed by atoms with Gasteiger partial charge in [-0.25, -0.2) is 4.98 Å². The second-order valence-electron chi connectivity index (χ2n) is 5.65. The molecule has 136 valence electrons. The van der Waals surface area contributed by atoms with E-state index < -0.39 is 0 Å². The van der Waals surface area contributed by atoms with Crippen LogP contribution in [0, 0.1) is 0 Å². The molecule has 1 N–H and O–H groups in total. The Morgan fingerprint density at radius 2 is 2.07 bits per heavy atom. The van der Waals surface area contributed by atoms with Gasteiger partial charge in [-0.1, -0.05) is 29.4 Å². The third-order valence-corrected chi connectivity index (χ3v) is 5.97. The molecular weight excluding hydrogens is 402 g/mol. The highest BCUT2D eigenvalue weighted by molar-refractivity contribution is 7.98. The molecule has 0 fully saturated rings. The van der Waals surface area contributed by atoms with Gasteiger partial charge in [0, 0.05) is 17.1 Å². The Hall–Kier alpha value is -2.42. The fourth-order valence-electron chi connectivity index (χ4n) is 2.62. The van der Waals surface area contributed by atoms with E-state index >= 15 is 0 Å². The molecule has 0 aliphatic heterocycles. The summed E-state index contributed by atoms with van der Waals surface area (Å²) in [4.78, 5) is 19.4. The van der Waals surface area contributed by atoms with Crippen LogP contribution in [0.5, 0.6) is 0 Å². The van der Waals surface area contributed by atoms with Gasteiger partial charge in [-0.05, 0) is 35.7 Å². The minimum Gasteiger partial charge on any atom is -0.309 e. The molecule has 27 heavy (non-hydrogen) atoms. The number of hydrogen-bond donors (Lipinski definition) is 1. The number of aromatic nitrogens is 5. The van der Waals surface area contributed by atoms with Crippen molar-refractivity contribution in [3.8, 4) is 11.4 Å². The smallest absolute Gasteiger partial charge is 0.268 e. The van der Waals surface area contributed by atoms with E-state index in [2.05, 4.69) is 26.7 Å². The standard InChI is InChI=1S/C18H14ClN5OS2/c1-2-8-24-16(11-3-5-12(19)6-4-11)22-23-18(24)27-10-14-20-13-7-9-26-15(13)17(25)21-14/h2-7,9H,1,8,10H2,(H,20,21,25). The minimum atomic E-state index is -0.111. The average Bonchev–Trinajstić information content (AvgIpc) is 3.29. The Balaban J connectivity index is 1.62. The zero-order valence-corrected chi connectivity index (χ0v) is 16.4. The topological polar surface area (TPSA) is 76.5 Å². The number of thioether (sulfide) groups is 1. The Morgan fingerprint density at radius 1 is 1.26 bits per heavy atom. The summed E-state index contributed by atoms with van der Waals surface area (Å²) in [6, 6.07) is 9.30. The van der Waals surface area contributed by atoms with Gasteiger partial charge in [0.2, 0.25) is 0 Å². The van der Waals surface area contributed by atoms with Crippen molar-refractivity contribution in [1.29, 1.82) is 0 Å². The number of benzene rings is 1. The first-order valence-electron chi connectivity index (χ1n) is 8.05. The molecule has 0 radical (unpaired) electrons. The summed E-state index contributed by atoms with van der Waals surface area (Å²) in [5, 5.41) is 11.9. The van der Waals surface area contributed by atoms with Crippen molar-refractivity contribution in [2.24, 2.45) is 0 Å². The lowest BCUT2D eigenvalue weighted by atomic mass is 10.2. The molecule has 0 amide bonds. The van der Waals surface area contributed by atoms with Gasteiger partial charge in [-0.15, -0.1) is 28.1 Å². The molecule has 0 atom stereocenters. The summed E-state index contributed by atoms with van der Waals surface area (Å²) >= 11 is 8.82. The number of aromatic amines is 1. The highest BCUT2D eigenvalue weighted by atomic mass is 35.5. The number of thiophene rings is 1. The van der Waals surface area contributed by atoms with Crippen LogP contribution in [0.1, 0.15) is 5.82 Å². The lowest BCUT2D eigenvalue weighted by Gasteiger charge is -2.07. The van der Waals surface area contributed by atoms with Crippen LogP contribution < -0.4 is 5.56 Å². The largest absolute Gasteiger partial charge is 0.309 e. The predicted molar refractivity (Wildman–Crippen MR) is 110 cm³/mol. The molecule has 4 aromatic rings. The van der Waals surface area contributed by atoms with Crippen molar-refractivity contribution < 1.29 is 0 Å². The second-order valence-corrected chi connectivity index (χ2v) is 7.94. The van der Waals surface area contributed by atoms with Crippen molar-refractivity contribution in [2.45, 2.75) is 17.5 Å². The van der Waals surface area contributed by atoms with E-state index in [4.69, 9.17) is 11.6 Å². The molecule has 9 heteroatoms. The first-order valence-corrected chi connectivity index (χ1v) is 10.3. The van der Waals surface area contributed by atoms with Gasteiger partial charge >= 0.3 is 0 Å². The molecule has 4 rings (SSSR count). The number of rotatable bonds is 6. The van der Waals surface area contributed by atoms with Crippen molar-refractivity contribution in [1.82, 2.24) is 24.7 Å². The summed E-state index contributed by atoms with van der Waals surface area (Å²) in [6.07, 6.45) is 1.80. The number of H-pyrrole nitrogens is 1. The van der Waals surface area contributed by atoms with Crippen LogP contribution in [-0.4, -0.2) is 24.7 Å². The Labute approximate surface area is 167 Å². The Morgan fingerprint density at radius 3 is 2.85 bits per heavy atom. The van der Waals surface area contributed by atoms with Crippen LogP contribution >= 0.6 is 34.7 Å². The lowest BCUT2D eigenvalue weighted by molar-refractivity contribution is 0.730. The summed E-state index contributed by atoms with van der Waals surface area (Å²) in [6.45, 7) is 4.39. The molecule has 0 aliphatic rings. The molecule has 0 aliphatic carbocycles. The zero-order chi connectivity index (χ0) is 18.8. The van der Waals surface area contributed by atoms with E-state index in [1.807, 2.05) is 40.3 Å². The first kappa shape index (κ1) is 18.0. The van der Waals surface area contributed by atoms with Crippen molar-refractivity contribution >= 4 is 44.9 Å². The van der Waals surface area contributed by atoms with E-state index in [9.17, 15) is 4.79 Å². The van der Waals surface area contributed by atoms with Crippen molar-refractivity contribution in [2.75, 3.05) is 0 Å². The van der Waals surface area contributed by atoms with E-state index in [1.165, 1.54) is 23.1 Å². The lowest BCUT2D eigenvalue weighted by Crippen LogP contribution is -2.09. The van der Waals surface area contributed by atoms with Gasteiger partial charge in [-0.3, -0.25) is 9.36 Å². The third-order valence-electron chi connectivity index (χ3n) is 3.83.